The fourth-order valence-corrected chi connectivity index (χ4v) is 4.62. The number of hydrogen-bond donors (Lipinski definition) is 0. The third-order valence-electron chi connectivity index (χ3n) is 6.80. The quantitative estimate of drug-likeness (QED) is 0.167. The van der Waals surface area contributed by atoms with Gasteiger partial charge in [-0.15, -0.1) is 0 Å². The van der Waals surface area contributed by atoms with Crippen LogP contribution < -0.4 is 4.74 Å². The molecule has 1 aromatic heterocycles. The highest BCUT2D eigenvalue weighted by atomic mass is 16.5. The monoisotopic (exact) mass is 471 g/mol. The number of furan rings is 1. The summed E-state index contributed by atoms with van der Waals surface area (Å²) < 4.78 is 17.4. The lowest BCUT2D eigenvalue weighted by Gasteiger charge is -2.25. The molecule has 0 aliphatic carbocycles. The predicted molar refractivity (Wildman–Crippen MR) is 139 cm³/mol. The lowest BCUT2D eigenvalue weighted by molar-refractivity contribution is 0.0368. The average molecular weight is 472 g/mol. The van der Waals surface area contributed by atoms with Crippen molar-refractivity contribution in [2.24, 2.45) is 0 Å². The zero-order chi connectivity index (χ0) is 23.8. The van der Waals surface area contributed by atoms with Gasteiger partial charge < -0.3 is 13.9 Å². The first kappa shape index (κ1) is 26.7. The van der Waals surface area contributed by atoms with E-state index in [2.05, 4.69) is 11.8 Å². The number of hydrogen-bond acceptors (Lipinski definition) is 5. The van der Waals surface area contributed by atoms with Gasteiger partial charge in [-0.3, -0.25) is 9.69 Å². The second kappa shape index (κ2) is 15.9. The van der Waals surface area contributed by atoms with Crippen LogP contribution in [0.15, 0.2) is 28.7 Å². The number of fused-ring (bicyclic) bond motifs is 1. The summed E-state index contributed by atoms with van der Waals surface area (Å²) in [5, 5.41) is 0.932. The van der Waals surface area contributed by atoms with E-state index in [9.17, 15) is 4.79 Å². The lowest BCUT2D eigenvalue weighted by atomic mass is 10.1. The number of carbonyl (C=O) groups excluding carboxylic acids is 1. The average Bonchev–Trinajstić information content (AvgIpc) is 3.31. The molecule has 1 aliphatic rings. The van der Waals surface area contributed by atoms with Crippen LogP contribution in [-0.2, 0) is 4.74 Å². The number of ketones is 1. The van der Waals surface area contributed by atoms with E-state index in [0.29, 0.717) is 24.4 Å². The summed E-state index contributed by atoms with van der Waals surface area (Å²) in [6.07, 6.45) is 16.5. The van der Waals surface area contributed by atoms with Crippen molar-refractivity contribution in [1.29, 1.82) is 0 Å². The molecule has 0 bridgehead atoms. The number of benzene rings is 1. The summed E-state index contributed by atoms with van der Waals surface area (Å²) >= 11 is 0. The molecule has 3 rings (SSSR count). The Labute approximate surface area is 206 Å². The Morgan fingerprint density at radius 3 is 2.24 bits per heavy atom. The molecule has 0 unspecified atom stereocenters. The molecule has 0 atom stereocenters. The molecule has 0 spiro atoms. The number of nitrogens with zero attached hydrogens (tertiary/aromatic N) is 1. The van der Waals surface area contributed by atoms with Crippen molar-refractivity contribution in [1.82, 2.24) is 4.90 Å². The molecule has 5 heteroatoms. The van der Waals surface area contributed by atoms with E-state index in [1.54, 1.807) is 0 Å². The third-order valence-corrected chi connectivity index (χ3v) is 6.80. The Morgan fingerprint density at radius 1 is 0.912 bits per heavy atom. The molecule has 0 N–H and O–H groups in total. The molecular formula is C29H45NO4. The van der Waals surface area contributed by atoms with Gasteiger partial charge in [0.05, 0.1) is 19.8 Å². The van der Waals surface area contributed by atoms with Crippen molar-refractivity contribution < 1.29 is 18.7 Å². The highest BCUT2D eigenvalue weighted by molar-refractivity contribution is 5.98. The second-order valence-corrected chi connectivity index (χ2v) is 9.65. The summed E-state index contributed by atoms with van der Waals surface area (Å²) in [5.74, 6) is 1.23. The molecular weight excluding hydrogens is 426 g/mol. The van der Waals surface area contributed by atoms with Gasteiger partial charge in [0.2, 0.25) is 0 Å². The Hall–Kier alpha value is -1.85. The summed E-state index contributed by atoms with van der Waals surface area (Å²) in [5.41, 5.74) is 0.691. The van der Waals surface area contributed by atoms with E-state index < -0.39 is 0 Å². The van der Waals surface area contributed by atoms with Crippen molar-refractivity contribution in [3.8, 4) is 5.75 Å². The van der Waals surface area contributed by atoms with Gasteiger partial charge in [-0.1, -0.05) is 89.7 Å². The Kier molecular flexibility index (Phi) is 12.5. The van der Waals surface area contributed by atoms with Gasteiger partial charge in [-0.25, -0.2) is 0 Å². The SMILES string of the molecule is CCCCCCCCCCCCCCOc1cccc2cc(C(=O)CCN3CCOCC3)oc12. The number of ether oxygens (including phenoxy) is 2. The fraction of sp³-hybridized carbons (Fsp3) is 0.690. The Balaban J connectivity index is 1.30. The molecule has 190 valence electrons. The van der Waals surface area contributed by atoms with Crippen LogP contribution in [0, 0.1) is 0 Å². The van der Waals surface area contributed by atoms with Crippen LogP contribution in [0.5, 0.6) is 5.75 Å². The van der Waals surface area contributed by atoms with Crippen LogP contribution in [0.4, 0.5) is 0 Å². The minimum absolute atomic E-state index is 0.0506. The molecule has 1 saturated heterocycles. The molecule has 0 radical (unpaired) electrons. The number of unbranched alkanes of at least 4 members (excludes halogenated alkanes) is 11. The van der Waals surface area contributed by atoms with Crippen LogP contribution in [-0.4, -0.2) is 50.1 Å². The van der Waals surface area contributed by atoms with Crippen LogP contribution >= 0.6 is 0 Å². The molecule has 2 aromatic rings. The summed E-state index contributed by atoms with van der Waals surface area (Å²) in [6.45, 7) is 7.00. The summed E-state index contributed by atoms with van der Waals surface area (Å²) in [4.78, 5) is 14.9. The number of para-hydroxylation sites is 1. The summed E-state index contributed by atoms with van der Waals surface area (Å²) in [7, 11) is 0. The third kappa shape index (κ3) is 9.42. The van der Waals surface area contributed by atoms with Gasteiger partial charge in [-0.05, 0) is 18.6 Å². The zero-order valence-electron chi connectivity index (χ0n) is 21.3. The molecule has 1 aromatic carbocycles. The molecule has 5 nitrogen and oxygen atoms in total. The number of carbonyl (C=O) groups is 1. The second-order valence-electron chi connectivity index (χ2n) is 9.65. The van der Waals surface area contributed by atoms with Crippen molar-refractivity contribution in [3.05, 3.63) is 30.0 Å². The van der Waals surface area contributed by atoms with Gasteiger partial charge in [0.25, 0.3) is 0 Å². The van der Waals surface area contributed by atoms with Crippen LogP contribution in [0.25, 0.3) is 11.0 Å². The van der Waals surface area contributed by atoms with E-state index in [0.717, 1.165) is 50.4 Å². The molecule has 1 fully saturated rings. The minimum atomic E-state index is 0.0506. The van der Waals surface area contributed by atoms with E-state index in [1.165, 1.54) is 70.6 Å². The number of rotatable bonds is 18. The first-order valence-corrected chi connectivity index (χ1v) is 13.8. The number of Topliss-reactive ketones (excluding diaryl/α,β-unsaturated/α-hetero) is 1. The Morgan fingerprint density at radius 2 is 1.56 bits per heavy atom. The van der Waals surface area contributed by atoms with E-state index in [-0.39, 0.29) is 5.78 Å². The maximum absolute atomic E-state index is 12.7. The first-order valence-electron chi connectivity index (χ1n) is 13.8. The normalized spacial score (nSPS) is 14.6. The van der Waals surface area contributed by atoms with Crippen molar-refractivity contribution in [2.75, 3.05) is 39.5 Å². The fourth-order valence-electron chi connectivity index (χ4n) is 4.62. The van der Waals surface area contributed by atoms with Gasteiger partial charge in [0.1, 0.15) is 0 Å². The minimum Gasteiger partial charge on any atom is -0.490 e. The standard InChI is InChI=1S/C29H45NO4/c1-2-3-4-5-6-7-8-9-10-11-12-13-21-33-27-16-14-15-25-24-28(34-29(25)27)26(31)17-18-30-19-22-32-23-20-30/h14-16,24H,2-13,17-23H2,1H3. The molecule has 2 heterocycles. The zero-order valence-corrected chi connectivity index (χ0v) is 21.3. The largest absolute Gasteiger partial charge is 0.490 e. The van der Waals surface area contributed by atoms with Crippen molar-refractivity contribution in [3.63, 3.8) is 0 Å². The van der Waals surface area contributed by atoms with E-state index in [1.807, 2.05) is 24.3 Å². The maximum Gasteiger partial charge on any atom is 0.199 e. The van der Waals surface area contributed by atoms with Crippen molar-refractivity contribution >= 4 is 16.8 Å². The highest BCUT2D eigenvalue weighted by Gasteiger charge is 2.17. The van der Waals surface area contributed by atoms with Crippen LogP contribution in [0.1, 0.15) is 101 Å². The van der Waals surface area contributed by atoms with Crippen molar-refractivity contribution in [2.45, 2.75) is 90.4 Å². The number of morpholine rings is 1. The van der Waals surface area contributed by atoms with Gasteiger partial charge in [-0.2, -0.15) is 0 Å². The molecule has 0 amide bonds. The van der Waals surface area contributed by atoms with E-state index in [4.69, 9.17) is 13.9 Å². The van der Waals surface area contributed by atoms with Crippen LogP contribution in [0.2, 0.25) is 0 Å². The molecule has 0 saturated carbocycles. The first-order chi connectivity index (χ1) is 16.8. The summed E-state index contributed by atoms with van der Waals surface area (Å²) in [6, 6.07) is 7.74. The van der Waals surface area contributed by atoms with Gasteiger partial charge >= 0.3 is 0 Å². The topological polar surface area (TPSA) is 51.9 Å². The smallest absolute Gasteiger partial charge is 0.199 e. The van der Waals surface area contributed by atoms with Crippen LogP contribution in [0.3, 0.4) is 0 Å². The molecule has 1 aliphatic heterocycles. The lowest BCUT2D eigenvalue weighted by Crippen LogP contribution is -2.37. The van der Waals surface area contributed by atoms with E-state index >= 15 is 0 Å². The Bertz CT molecular complexity index is 825. The molecule has 34 heavy (non-hydrogen) atoms. The maximum atomic E-state index is 12.7. The van der Waals surface area contributed by atoms with Gasteiger partial charge in [0.15, 0.2) is 22.9 Å². The van der Waals surface area contributed by atoms with Gasteiger partial charge in [0, 0.05) is 31.4 Å². The highest BCUT2D eigenvalue weighted by Crippen LogP contribution is 2.29. The predicted octanol–water partition coefficient (Wildman–Crippen LogP) is 7.42.